The lowest BCUT2D eigenvalue weighted by atomic mass is 10.1. The number of anilines is 1. The van der Waals surface area contributed by atoms with E-state index in [0.29, 0.717) is 0 Å². The van der Waals surface area contributed by atoms with Crippen molar-refractivity contribution < 1.29 is 33.2 Å². The van der Waals surface area contributed by atoms with Gasteiger partial charge in [-0.05, 0) is 0 Å². The number of rotatable bonds is 5. The molecule has 0 aromatic carbocycles. The topological polar surface area (TPSA) is 140 Å². The second-order valence-electron chi connectivity index (χ2n) is 5.66. The molecule has 1 saturated heterocycles. The summed E-state index contributed by atoms with van der Waals surface area (Å²) in [7, 11) is 0. The zero-order chi connectivity index (χ0) is 19.1. The van der Waals surface area contributed by atoms with E-state index in [1.54, 1.807) is 0 Å². The number of nitrogens with zero attached hydrogens (tertiary/aromatic N) is 4. The number of hydrogen-bond acceptors (Lipinski definition) is 9. The normalized spacial score (nSPS) is 26.7. The Labute approximate surface area is 149 Å². The second-order valence-corrected chi connectivity index (χ2v) is 6.72. The van der Waals surface area contributed by atoms with E-state index in [2.05, 4.69) is 15.0 Å². The number of aliphatic hydroxyl groups excluding tert-OH is 3. The van der Waals surface area contributed by atoms with Crippen LogP contribution in [-0.4, -0.2) is 71.7 Å². The fourth-order valence-corrected chi connectivity index (χ4v) is 3.37. The van der Waals surface area contributed by atoms with E-state index in [1.165, 1.54) is 10.9 Å². The maximum absolute atomic E-state index is 12.3. The first-order valence-electron chi connectivity index (χ1n) is 7.53. The van der Waals surface area contributed by atoms with Gasteiger partial charge < -0.3 is 25.8 Å². The molecule has 2 aromatic rings. The van der Waals surface area contributed by atoms with E-state index in [9.17, 15) is 28.5 Å². The van der Waals surface area contributed by atoms with E-state index in [0.717, 1.165) is 11.8 Å². The van der Waals surface area contributed by atoms with Gasteiger partial charge in [0.2, 0.25) is 0 Å². The molecule has 1 aliphatic rings. The molecule has 1 aliphatic heterocycles. The highest BCUT2D eigenvalue weighted by Gasteiger charge is 2.44. The van der Waals surface area contributed by atoms with Crippen LogP contribution in [0.25, 0.3) is 11.2 Å². The van der Waals surface area contributed by atoms with Gasteiger partial charge >= 0.3 is 6.18 Å². The number of thioether (sulfide) groups is 1. The predicted molar refractivity (Wildman–Crippen MR) is 84.1 cm³/mol. The SMILES string of the molecule is Nc1nc(SCCC(F)(F)F)nc2c1ncn2[C@H]1O[C@H](CO)[C@H](O)[C@@H]1O. The first-order chi connectivity index (χ1) is 12.2. The fraction of sp³-hybridized carbons (Fsp3) is 0.615. The molecule has 0 amide bonds. The standard InChI is InChI=1S/C13H16F3N5O4S/c14-13(15,16)1-2-26-12-19-9(17)6-10(20-12)21(4-18-6)11-8(24)7(23)5(3-22)25-11/h4-5,7-8,11,22-24H,1-3H2,(H2,17,19,20)/t5-,7+,8+,11+/m1/s1. The first-order valence-corrected chi connectivity index (χ1v) is 8.52. The summed E-state index contributed by atoms with van der Waals surface area (Å²) in [5.74, 6) is -0.314. The molecule has 1 fully saturated rings. The molecule has 5 N–H and O–H groups in total. The highest BCUT2D eigenvalue weighted by Crippen LogP contribution is 2.33. The molecule has 144 valence electrons. The van der Waals surface area contributed by atoms with Crippen LogP contribution in [0.15, 0.2) is 11.5 Å². The van der Waals surface area contributed by atoms with Crippen molar-refractivity contribution in [3.8, 4) is 0 Å². The number of aromatic nitrogens is 4. The maximum atomic E-state index is 12.3. The molecule has 0 spiro atoms. The molecule has 26 heavy (non-hydrogen) atoms. The Morgan fingerprint density at radius 1 is 1.27 bits per heavy atom. The zero-order valence-corrected chi connectivity index (χ0v) is 14.0. The van der Waals surface area contributed by atoms with Gasteiger partial charge in [-0.2, -0.15) is 13.2 Å². The van der Waals surface area contributed by atoms with Gasteiger partial charge in [0.15, 0.2) is 22.8 Å². The Morgan fingerprint density at radius 2 is 2.00 bits per heavy atom. The average molecular weight is 395 g/mol. The molecule has 4 atom stereocenters. The van der Waals surface area contributed by atoms with Gasteiger partial charge in [-0.25, -0.2) is 15.0 Å². The Hall–Kier alpha value is -1.67. The molecular weight excluding hydrogens is 379 g/mol. The van der Waals surface area contributed by atoms with Gasteiger partial charge in [0, 0.05) is 5.75 Å². The van der Waals surface area contributed by atoms with Crippen LogP contribution in [-0.2, 0) is 4.74 Å². The predicted octanol–water partition coefficient (Wildman–Crippen LogP) is 0.0645. The minimum absolute atomic E-state index is 0.0211. The van der Waals surface area contributed by atoms with Crippen LogP contribution in [0.4, 0.5) is 19.0 Å². The lowest BCUT2D eigenvalue weighted by Gasteiger charge is -2.16. The average Bonchev–Trinajstić information content (AvgIpc) is 3.09. The van der Waals surface area contributed by atoms with Crippen LogP contribution in [0.3, 0.4) is 0 Å². The third kappa shape index (κ3) is 3.71. The van der Waals surface area contributed by atoms with Crippen molar-refractivity contribution in [3.05, 3.63) is 6.33 Å². The van der Waals surface area contributed by atoms with Gasteiger partial charge in [0.1, 0.15) is 23.8 Å². The molecule has 0 saturated carbocycles. The second kappa shape index (κ2) is 7.15. The van der Waals surface area contributed by atoms with Crippen LogP contribution in [0.2, 0.25) is 0 Å². The van der Waals surface area contributed by atoms with Crippen molar-refractivity contribution in [1.82, 2.24) is 19.5 Å². The lowest BCUT2D eigenvalue weighted by Crippen LogP contribution is -2.33. The Bertz CT molecular complexity index is 789. The first kappa shape index (κ1) is 19.1. The number of nitrogens with two attached hydrogens (primary N) is 1. The number of fused-ring (bicyclic) bond motifs is 1. The molecule has 2 aromatic heterocycles. The monoisotopic (exact) mass is 395 g/mol. The van der Waals surface area contributed by atoms with Crippen molar-refractivity contribution in [3.63, 3.8) is 0 Å². The molecule has 0 bridgehead atoms. The lowest BCUT2D eigenvalue weighted by molar-refractivity contribution is -0.129. The summed E-state index contributed by atoms with van der Waals surface area (Å²) >= 11 is 0.781. The molecular formula is C13H16F3N5O4S. The number of hydrogen-bond donors (Lipinski definition) is 4. The third-order valence-corrected chi connectivity index (χ3v) is 4.68. The highest BCUT2D eigenvalue weighted by atomic mass is 32.2. The summed E-state index contributed by atoms with van der Waals surface area (Å²) in [6.07, 6.45) is -8.79. The van der Waals surface area contributed by atoms with E-state index in [4.69, 9.17) is 10.5 Å². The van der Waals surface area contributed by atoms with Crippen LogP contribution in [0.5, 0.6) is 0 Å². The number of aliphatic hydroxyl groups is 3. The Balaban J connectivity index is 1.88. The molecule has 3 heterocycles. The largest absolute Gasteiger partial charge is 0.394 e. The van der Waals surface area contributed by atoms with Crippen molar-refractivity contribution in [2.75, 3.05) is 18.1 Å². The third-order valence-electron chi connectivity index (χ3n) is 3.84. The number of ether oxygens (including phenoxy) is 1. The van der Waals surface area contributed by atoms with E-state index < -0.39 is 43.7 Å². The van der Waals surface area contributed by atoms with E-state index >= 15 is 0 Å². The number of alkyl halides is 3. The zero-order valence-electron chi connectivity index (χ0n) is 13.2. The summed E-state index contributed by atoms with van der Waals surface area (Å²) in [6, 6.07) is 0. The molecule has 0 radical (unpaired) electrons. The van der Waals surface area contributed by atoms with Crippen LogP contribution >= 0.6 is 11.8 Å². The number of imidazole rings is 1. The highest BCUT2D eigenvalue weighted by molar-refractivity contribution is 7.99. The minimum atomic E-state index is -4.29. The number of halogens is 3. The van der Waals surface area contributed by atoms with Gasteiger partial charge in [-0.15, -0.1) is 0 Å². The quantitative estimate of drug-likeness (QED) is 0.409. The summed E-state index contributed by atoms with van der Waals surface area (Å²) in [5, 5.41) is 29.2. The van der Waals surface area contributed by atoms with E-state index in [-0.39, 0.29) is 27.9 Å². The van der Waals surface area contributed by atoms with Crippen molar-refractivity contribution in [1.29, 1.82) is 0 Å². The molecule has 13 heteroatoms. The number of nitrogen functional groups attached to an aromatic ring is 1. The minimum Gasteiger partial charge on any atom is -0.394 e. The van der Waals surface area contributed by atoms with E-state index in [1.807, 2.05) is 0 Å². The molecule has 9 nitrogen and oxygen atoms in total. The Kier molecular flexibility index (Phi) is 5.25. The van der Waals surface area contributed by atoms with Crippen molar-refractivity contribution in [2.45, 2.75) is 42.3 Å². The van der Waals surface area contributed by atoms with Gasteiger partial charge in [0.25, 0.3) is 0 Å². The smallest absolute Gasteiger partial charge is 0.389 e. The Morgan fingerprint density at radius 3 is 2.62 bits per heavy atom. The molecule has 0 unspecified atom stereocenters. The van der Waals surface area contributed by atoms with Crippen molar-refractivity contribution in [2.24, 2.45) is 0 Å². The van der Waals surface area contributed by atoms with Gasteiger partial charge in [0.05, 0.1) is 19.4 Å². The summed E-state index contributed by atoms with van der Waals surface area (Å²) in [4.78, 5) is 12.1. The van der Waals surface area contributed by atoms with Crippen molar-refractivity contribution >= 4 is 28.7 Å². The summed E-state index contributed by atoms with van der Waals surface area (Å²) < 4.78 is 43.5. The maximum Gasteiger partial charge on any atom is 0.389 e. The fourth-order valence-electron chi connectivity index (χ4n) is 2.54. The summed E-state index contributed by atoms with van der Waals surface area (Å²) in [5.41, 5.74) is 6.11. The molecule has 0 aliphatic carbocycles. The van der Waals surface area contributed by atoms with Gasteiger partial charge in [-0.3, -0.25) is 4.57 Å². The van der Waals surface area contributed by atoms with Gasteiger partial charge in [-0.1, -0.05) is 11.8 Å². The van der Waals surface area contributed by atoms with Crippen LogP contribution in [0, 0.1) is 0 Å². The van der Waals surface area contributed by atoms with Crippen LogP contribution in [0.1, 0.15) is 12.6 Å². The van der Waals surface area contributed by atoms with Crippen LogP contribution < -0.4 is 5.73 Å². The molecule has 3 rings (SSSR count). The summed E-state index contributed by atoms with van der Waals surface area (Å²) in [6.45, 7) is -0.503.